The normalized spacial score (nSPS) is 10.7. The number of benzene rings is 3. The molecule has 0 aliphatic heterocycles. The Morgan fingerprint density at radius 2 is 1.72 bits per heavy atom. The van der Waals surface area contributed by atoms with Gasteiger partial charge in [-0.05, 0) is 30.7 Å². The van der Waals surface area contributed by atoms with Crippen LogP contribution in [0, 0.1) is 12.7 Å². The Labute approximate surface area is 167 Å². The Morgan fingerprint density at radius 1 is 1.00 bits per heavy atom. The molecule has 1 heterocycles. The molecule has 2 N–H and O–H groups in total. The van der Waals surface area contributed by atoms with Crippen molar-refractivity contribution in [3.8, 4) is 16.9 Å². The second kappa shape index (κ2) is 7.59. The number of nitrogens with zero attached hydrogens (tertiary/aromatic N) is 2. The van der Waals surface area contributed by atoms with Gasteiger partial charge in [-0.1, -0.05) is 54.6 Å². The second-order valence-electron chi connectivity index (χ2n) is 6.57. The van der Waals surface area contributed by atoms with Crippen molar-refractivity contribution in [1.82, 2.24) is 9.78 Å². The first-order valence-electron chi connectivity index (χ1n) is 9.05. The number of rotatable bonds is 5. The summed E-state index contributed by atoms with van der Waals surface area (Å²) in [5, 5.41) is 17.2. The number of halogens is 1. The van der Waals surface area contributed by atoms with Gasteiger partial charge in [-0.15, -0.1) is 0 Å². The molecule has 144 valence electrons. The van der Waals surface area contributed by atoms with Crippen molar-refractivity contribution in [3.05, 3.63) is 95.8 Å². The van der Waals surface area contributed by atoms with Crippen LogP contribution in [0.25, 0.3) is 16.9 Å². The molecule has 0 unspecified atom stereocenters. The first-order valence-corrected chi connectivity index (χ1v) is 9.05. The number of aryl methyl sites for hydroxylation is 1. The van der Waals surface area contributed by atoms with Crippen molar-refractivity contribution >= 4 is 17.5 Å². The predicted octanol–water partition coefficient (Wildman–Crippen LogP) is 5.43. The fraction of sp³-hybridized carbons (Fsp3) is 0.0435. The van der Waals surface area contributed by atoms with Crippen LogP contribution in [0.2, 0.25) is 0 Å². The van der Waals surface area contributed by atoms with Crippen LogP contribution in [0.1, 0.15) is 15.9 Å². The Balaban J connectivity index is 1.87. The lowest BCUT2D eigenvalue weighted by Crippen LogP contribution is -2.09. The second-order valence-corrected chi connectivity index (χ2v) is 6.57. The van der Waals surface area contributed by atoms with Crippen molar-refractivity contribution in [2.45, 2.75) is 6.92 Å². The molecule has 0 saturated carbocycles. The first kappa shape index (κ1) is 18.4. The summed E-state index contributed by atoms with van der Waals surface area (Å²) < 4.78 is 15.8. The molecule has 0 fully saturated rings. The molecular weight excluding hydrogens is 369 g/mol. The fourth-order valence-electron chi connectivity index (χ4n) is 3.19. The Hall–Kier alpha value is -3.93. The third-order valence-corrected chi connectivity index (χ3v) is 4.61. The van der Waals surface area contributed by atoms with E-state index in [4.69, 9.17) is 5.10 Å². The molecule has 3 aromatic carbocycles. The minimum absolute atomic E-state index is 0.159. The topological polar surface area (TPSA) is 67.2 Å². The highest BCUT2D eigenvalue weighted by atomic mass is 19.1. The molecule has 1 aromatic heterocycles. The number of hydrogen-bond donors (Lipinski definition) is 2. The smallest absolute Gasteiger partial charge is 0.340 e. The standard InChI is InChI=1S/C23H18FN3O2/c1-15-8-5-6-13-20(15)27-21(14-19(26-27)16-9-3-2-4-10-16)25-18-12-7-11-17(24)22(18)23(28)29/h2-14,25H,1H3,(H,28,29). The molecule has 0 radical (unpaired) electrons. The van der Waals surface area contributed by atoms with Crippen LogP contribution in [0.3, 0.4) is 0 Å². The maximum Gasteiger partial charge on any atom is 0.340 e. The third-order valence-electron chi connectivity index (χ3n) is 4.61. The van der Waals surface area contributed by atoms with Gasteiger partial charge in [0.25, 0.3) is 0 Å². The van der Waals surface area contributed by atoms with Crippen LogP contribution in [-0.4, -0.2) is 20.9 Å². The van der Waals surface area contributed by atoms with Crippen molar-refractivity contribution < 1.29 is 14.3 Å². The molecule has 4 rings (SSSR count). The molecule has 4 aromatic rings. The lowest BCUT2D eigenvalue weighted by molar-refractivity contribution is 0.0693. The SMILES string of the molecule is Cc1ccccc1-n1nc(-c2ccccc2)cc1Nc1cccc(F)c1C(=O)O. The van der Waals surface area contributed by atoms with Crippen LogP contribution >= 0.6 is 0 Å². The molecule has 0 amide bonds. The molecular formula is C23H18FN3O2. The zero-order valence-electron chi connectivity index (χ0n) is 15.6. The van der Waals surface area contributed by atoms with E-state index in [1.165, 1.54) is 12.1 Å². The van der Waals surface area contributed by atoms with Crippen molar-refractivity contribution in [3.63, 3.8) is 0 Å². The number of anilines is 2. The zero-order valence-corrected chi connectivity index (χ0v) is 15.6. The van der Waals surface area contributed by atoms with Gasteiger partial charge in [0, 0.05) is 11.6 Å². The number of hydrogen-bond acceptors (Lipinski definition) is 3. The highest BCUT2D eigenvalue weighted by Crippen LogP contribution is 2.30. The van der Waals surface area contributed by atoms with E-state index in [-0.39, 0.29) is 5.69 Å². The lowest BCUT2D eigenvalue weighted by atomic mass is 10.1. The minimum Gasteiger partial charge on any atom is -0.478 e. The molecule has 6 heteroatoms. The summed E-state index contributed by atoms with van der Waals surface area (Å²) >= 11 is 0. The van der Waals surface area contributed by atoms with Crippen LogP contribution < -0.4 is 5.32 Å². The van der Waals surface area contributed by atoms with E-state index in [0.717, 1.165) is 22.9 Å². The summed E-state index contributed by atoms with van der Waals surface area (Å²) in [5.74, 6) is -1.60. The predicted molar refractivity (Wildman–Crippen MR) is 110 cm³/mol. The number of aromatic nitrogens is 2. The summed E-state index contributed by atoms with van der Waals surface area (Å²) in [6.45, 7) is 1.97. The fourth-order valence-corrected chi connectivity index (χ4v) is 3.19. The van der Waals surface area contributed by atoms with E-state index >= 15 is 0 Å². The molecule has 29 heavy (non-hydrogen) atoms. The quantitative estimate of drug-likeness (QED) is 0.479. The van der Waals surface area contributed by atoms with Gasteiger partial charge in [-0.2, -0.15) is 5.10 Å². The van der Waals surface area contributed by atoms with Gasteiger partial charge < -0.3 is 10.4 Å². The number of carbonyl (C=O) groups is 1. The average molecular weight is 387 g/mol. The van der Waals surface area contributed by atoms with Gasteiger partial charge in [0.1, 0.15) is 17.2 Å². The molecule has 0 spiro atoms. The molecule has 0 aliphatic rings. The van der Waals surface area contributed by atoms with Gasteiger partial charge in [0.15, 0.2) is 0 Å². The van der Waals surface area contributed by atoms with E-state index in [1.54, 1.807) is 4.68 Å². The third kappa shape index (κ3) is 3.60. The lowest BCUT2D eigenvalue weighted by Gasteiger charge is -2.13. The molecule has 0 bridgehead atoms. The summed E-state index contributed by atoms with van der Waals surface area (Å²) in [4.78, 5) is 11.6. The highest BCUT2D eigenvalue weighted by Gasteiger charge is 2.19. The number of nitrogens with one attached hydrogen (secondary N) is 1. The van der Waals surface area contributed by atoms with E-state index in [2.05, 4.69) is 5.32 Å². The van der Waals surface area contributed by atoms with Gasteiger partial charge in [-0.3, -0.25) is 0 Å². The summed E-state index contributed by atoms with van der Waals surface area (Å²) in [6.07, 6.45) is 0. The molecule has 5 nitrogen and oxygen atoms in total. The number of carboxylic acids is 1. The summed E-state index contributed by atoms with van der Waals surface area (Å²) in [7, 11) is 0. The Morgan fingerprint density at radius 3 is 2.45 bits per heavy atom. The van der Waals surface area contributed by atoms with Gasteiger partial charge >= 0.3 is 5.97 Å². The maximum absolute atomic E-state index is 14.1. The molecule has 0 saturated heterocycles. The Bertz CT molecular complexity index is 1190. The number of para-hydroxylation sites is 1. The van der Waals surface area contributed by atoms with Crippen molar-refractivity contribution in [2.75, 3.05) is 5.32 Å². The van der Waals surface area contributed by atoms with E-state index in [9.17, 15) is 14.3 Å². The summed E-state index contributed by atoms with van der Waals surface area (Å²) in [6, 6.07) is 23.3. The maximum atomic E-state index is 14.1. The van der Waals surface area contributed by atoms with Crippen LogP contribution in [0.5, 0.6) is 0 Å². The van der Waals surface area contributed by atoms with Gasteiger partial charge in [0.05, 0.1) is 17.1 Å². The van der Waals surface area contributed by atoms with Crippen LogP contribution in [0.4, 0.5) is 15.9 Å². The minimum atomic E-state index is -1.34. The average Bonchev–Trinajstić information content (AvgIpc) is 3.12. The van der Waals surface area contributed by atoms with Crippen molar-refractivity contribution in [1.29, 1.82) is 0 Å². The monoisotopic (exact) mass is 387 g/mol. The molecule has 0 atom stereocenters. The Kier molecular flexibility index (Phi) is 4.83. The number of carboxylic acid groups (broad SMARTS) is 1. The number of aromatic carboxylic acids is 1. The van der Waals surface area contributed by atoms with Crippen molar-refractivity contribution in [2.24, 2.45) is 0 Å². The highest BCUT2D eigenvalue weighted by molar-refractivity contribution is 5.95. The largest absolute Gasteiger partial charge is 0.478 e. The van der Waals surface area contributed by atoms with E-state index in [0.29, 0.717) is 11.5 Å². The van der Waals surface area contributed by atoms with E-state index < -0.39 is 17.3 Å². The van der Waals surface area contributed by atoms with Gasteiger partial charge in [-0.25, -0.2) is 13.9 Å². The van der Waals surface area contributed by atoms with Gasteiger partial charge in [0.2, 0.25) is 0 Å². The molecule has 0 aliphatic carbocycles. The van der Waals surface area contributed by atoms with Crippen LogP contribution in [-0.2, 0) is 0 Å². The zero-order chi connectivity index (χ0) is 20.4. The first-order chi connectivity index (χ1) is 14.0. The summed E-state index contributed by atoms with van der Waals surface area (Å²) in [5.41, 5.74) is 3.21. The van der Waals surface area contributed by atoms with E-state index in [1.807, 2.05) is 67.6 Å². The van der Waals surface area contributed by atoms with Crippen LogP contribution in [0.15, 0.2) is 78.9 Å².